The van der Waals surface area contributed by atoms with Crippen LogP contribution < -0.4 is 14.4 Å². The number of ether oxygens (including phenoxy) is 1. The highest BCUT2D eigenvalue weighted by molar-refractivity contribution is 7.92. The molecular formula is C31H28F2N4O5S. The number of sulfonamides is 1. The van der Waals surface area contributed by atoms with Gasteiger partial charge in [0.25, 0.3) is 10.0 Å². The number of hydrogen-bond acceptors (Lipinski definition) is 7. The topological polar surface area (TPSA) is 109 Å². The predicted octanol–water partition coefficient (Wildman–Crippen LogP) is 4.78. The average molecular weight is 607 g/mol. The van der Waals surface area contributed by atoms with Gasteiger partial charge in [-0.1, -0.05) is 24.3 Å². The van der Waals surface area contributed by atoms with Crippen LogP contribution in [-0.2, 0) is 19.6 Å². The number of aromatic nitrogens is 1. The lowest BCUT2D eigenvalue weighted by Gasteiger charge is -2.36. The Morgan fingerprint density at radius 1 is 0.953 bits per heavy atom. The molecule has 222 valence electrons. The van der Waals surface area contributed by atoms with Gasteiger partial charge in [-0.15, -0.1) is 0 Å². The summed E-state index contributed by atoms with van der Waals surface area (Å²) in [5.41, 5.74) is 2.27. The molecule has 0 bridgehead atoms. The molecule has 1 saturated heterocycles. The molecule has 1 amide bonds. The summed E-state index contributed by atoms with van der Waals surface area (Å²) in [7, 11) is -3.11. The normalized spacial score (nSPS) is 13.9. The lowest BCUT2D eigenvalue weighted by Crippen LogP contribution is -2.48. The number of nitrogens with zero attached hydrogens (tertiary/aromatic N) is 3. The fraction of sp³-hybridized carbons (Fsp3) is 0.194. The Balaban J connectivity index is 1.43. The van der Waals surface area contributed by atoms with Gasteiger partial charge in [-0.05, 0) is 54.3 Å². The molecule has 5 rings (SSSR count). The monoisotopic (exact) mass is 606 g/mol. The molecule has 0 atom stereocenters. The van der Waals surface area contributed by atoms with E-state index in [2.05, 4.69) is 14.6 Å². The van der Waals surface area contributed by atoms with Crippen LogP contribution >= 0.6 is 0 Å². The summed E-state index contributed by atoms with van der Waals surface area (Å²) >= 11 is 0. The number of pyridine rings is 1. The van der Waals surface area contributed by atoms with Crippen LogP contribution in [0.15, 0.2) is 83.9 Å². The lowest BCUT2D eigenvalue weighted by molar-refractivity contribution is -0.126. The van der Waals surface area contributed by atoms with Crippen molar-refractivity contribution in [1.82, 2.24) is 9.88 Å². The van der Waals surface area contributed by atoms with E-state index >= 15 is 0 Å². The van der Waals surface area contributed by atoms with E-state index in [1.165, 1.54) is 38.4 Å². The highest BCUT2D eigenvalue weighted by Gasteiger charge is 2.23. The number of hydrogen-bond donors (Lipinski definition) is 1. The van der Waals surface area contributed by atoms with Gasteiger partial charge in [0.1, 0.15) is 22.2 Å². The van der Waals surface area contributed by atoms with Crippen LogP contribution in [0.2, 0.25) is 0 Å². The summed E-state index contributed by atoms with van der Waals surface area (Å²) in [5, 5.41) is 1.93. The summed E-state index contributed by atoms with van der Waals surface area (Å²) in [6, 6.07) is 15.5. The predicted molar refractivity (Wildman–Crippen MR) is 160 cm³/mol. The first-order chi connectivity index (χ1) is 20.6. The van der Waals surface area contributed by atoms with E-state index in [4.69, 9.17) is 4.74 Å². The molecule has 0 saturated carbocycles. The molecule has 4 aromatic rings. The molecule has 43 heavy (non-hydrogen) atoms. The van der Waals surface area contributed by atoms with Gasteiger partial charge in [0.15, 0.2) is 5.78 Å². The van der Waals surface area contributed by atoms with E-state index in [0.717, 1.165) is 34.2 Å². The van der Waals surface area contributed by atoms with Crippen LogP contribution in [0.1, 0.15) is 6.92 Å². The van der Waals surface area contributed by atoms with Crippen molar-refractivity contribution in [2.24, 2.45) is 0 Å². The summed E-state index contributed by atoms with van der Waals surface area (Å²) in [6.07, 6.45) is 4.11. The van der Waals surface area contributed by atoms with Gasteiger partial charge < -0.3 is 14.5 Å². The lowest BCUT2D eigenvalue weighted by atomic mass is 10.0. The smallest absolute Gasteiger partial charge is 0.264 e. The van der Waals surface area contributed by atoms with Crippen molar-refractivity contribution in [2.45, 2.75) is 11.8 Å². The fourth-order valence-electron chi connectivity index (χ4n) is 4.91. The number of allylic oxidation sites excluding steroid dienone is 1. The van der Waals surface area contributed by atoms with E-state index in [1.807, 2.05) is 36.4 Å². The van der Waals surface area contributed by atoms with E-state index in [1.54, 1.807) is 4.90 Å². The molecule has 0 spiro atoms. The van der Waals surface area contributed by atoms with Crippen LogP contribution in [0.3, 0.4) is 0 Å². The van der Waals surface area contributed by atoms with Crippen molar-refractivity contribution >= 4 is 43.9 Å². The zero-order valence-corrected chi connectivity index (χ0v) is 24.2. The molecule has 0 aliphatic carbocycles. The highest BCUT2D eigenvalue weighted by Crippen LogP contribution is 2.35. The minimum absolute atomic E-state index is 0.0169. The molecular weight excluding hydrogens is 578 g/mol. The van der Waals surface area contributed by atoms with E-state index in [9.17, 15) is 26.8 Å². The Morgan fingerprint density at radius 3 is 2.42 bits per heavy atom. The van der Waals surface area contributed by atoms with Gasteiger partial charge in [0, 0.05) is 61.2 Å². The first kappa shape index (κ1) is 29.6. The minimum atomic E-state index is -4.43. The zero-order chi connectivity index (χ0) is 30.7. The first-order valence-electron chi connectivity index (χ1n) is 13.3. The summed E-state index contributed by atoms with van der Waals surface area (Å²) in [6.45, 7) is 3.58. The van der Waals surface area contributed by atoms with Crippen LogP contribution in [0.25, 0.3) is 21.9 Å². The maximum absolute atomic E-state index is 14.3. The summed E-state index contributed by atoms with van der Waals surface area (Å²) in [5.74, 6) is -2.53. The van der Waals surface area contributed by atoms with Crippen molar-refractivity contribution in [3.8, 4) is 17.0 Å². The molecule has 3 aromatic carbocycles. The first-order valence-corrected chi connectivity index (χ1v) is 14.8. The van der Waals surface area contributed by atoms with Crippen LogP contribution in [-0.4, -0.2) is 63.3 Å². The number of nitrogens with one attached hydrogen (secondary N) is 1. The molecule has 12 heteroatoms. The molecule has 2 heterocycles. The SMILES string of the molecule is COc1ncc(-c2ccc3cccc(N4CCN(C(=O)/C=C/C(C)=O)CC4)c3c2)cc1NS(=O)(=O)c1ccc(F)cc1F. The summed E-state index contributed by atoms with van der Waals surface area (Å²) < 4.78 is 61.2. The van der Waals surface area contributed by atoms with Gasteiger partial charge in [-0.3, -0.25) is 14.3 Å². The van der Waals surface area contributed by atoms with Crippen LogP contribution in [0.5, 0.6) is 5.88 Å². The Kier molecular flexibility index (Phi) is 8.40. The second-order valence-corrected chi connectivity index (χ2v) is 11.6. The average Bonchev–Trinajstić information content (AvgIpc) is 2.99. The number of benzene rings is 3. The van der Waals surface area contributed by atoms with Gasteiger partial charge >= 0.3 is 0 Å². The number of methoxy groups -OCH3 is 1. The van der Waals surface area contributed by atoms with Crippen molar-refractivity contribution in [3.05, 3.63) is 90.6 Å². The van der Waals surface area contributed by atoms with Crippen molar-refractivity contribution < 1.29 is 31.5 Å². The van der Waals surface area contributed by atoms with Gasteiger partial charge in [0.05, 0.1) is 7.11 Å². The maximum atomic E-state index is 14.3. The molecule has 1 N–H and O–H groups in total. The Labute approximate surface area is 247 Å². The third kappa shape index (κ3) is 6.49. The third-order valence-electron chi connectivity index (χ3n) is 7.06. The number of halogens is 2. The molecule has 1 fully saturated rings. The molecule has 1 aliphatic heterocycles. The maximum Gasteiger partial charge on any atom is 0.264 e. The van der Waals surface area contributed by atoms with Gasteiger partial charge in [0.2, 0.25) is 11.8 Å². The Morgan fingerprint density at radius 2 is 1.72 bits per heavy atom. The Hall–Kier alpha value is -4.84. The van der Waals surface area contributed by atoms with Crippen molar-refractivity contribution in [3.63, 3.8) is 0 Å². The van der Waals surface area contributed by atoms with Crippen molar-refractivity contribution in [2.75, 3.05) is 42.9 Å². The van der Waals surface area contributed by atoms with E-state index < -0.39 is 26.6 Å². The number of amides is 1. The zero-order valence-electron chi connectivity index (χ0n) is 23.4. The standard InChI is InChI=1S/C31H28F2N4O5S/c1-20(38)6-11-30(39)37-14-12-36(13-15-37)28-5-3-4-21-7-8-22(16-25(21)28)23-17-27(31(42-2)34-19-23)35-43(40,41)29-10-9-24(32)18-26(29)33/h3-11,16-19,35H,12-15H2,1-2H3/b11-6+. The Bertz CT molecular complexity index is 1850. The second-order valence-electron chi connectivity index (χ2n) is 9.93. The van der Waals surface area contributed by atoms with Crippen LogP contribution in [0, 0.1) is 11.6 Å². The number of fused-ring (bicyclic) bond motifs is 1. The fourth-order valence-corrected chi connectivity index (χ4v) is 6.02. The number of carbonyl (C=O) groups is 2. The van der Waals surface area contributed by atoms with Crippen LogP contribution in [0.4, 0.5) is 20.2 Å². The largest absolute Gasteiger partial charge is 0.480 e. The quantitative estimate of drug-likeness (QED) is 0.288. The number of rotatable bonds is 8. The number of ketones is 1. The molecule has 1 aromatic heterocycles. The molecule has 0 unspecified atom stereocenters. The van der Waals surface area contributed by atoms with Crippen molar-refractivity contribution in [1.29, 1.82) is 0 Å². The summed E-state index contributed by atoms with van der Waals surface area (Å²) in [4.78, 5) is 31.0. The second kappa shape index (κ2) is 12.2. The highest BCUT2D eigenvalue weighted by atomic mass is 32.2. The number of piperazine rings is 1. The third-order valence-corrected chi connectivity index (χ3v) is 8.46. The van der Waals surface area contributed by atoms with E-state index in [0.29, 0.717) is 37.8 Å². The minimum Gasteiger partial charge on any atom is -0.480 e. The van der Waals surface area contributed by atoms with E-state index in [-0.39, 0.29) is 23.3 Å². The molecule has 0 radical (unpaired) electrons. The molecule has 9 nitrogen and oxygen atoms in total. The van der Waals surface area contributed by atoms with Gasteiger partial charge in [-0.25, -0.2) is 22.2 Å². The number of anilines is 2. The molecule has 1 aliphatic rings. The number of carbonyl (C=O) groups excluding carboxylic acids is 2. The van der Waals surface area contributed by atoms with Gasteiger partial charge in [-0.2, -0.15) is 0 Å².